The van der Waals surface area contributed by atoms with Crippen LogP contribution in [-0.2, 0) is 0 Å². The van der Waals surface area contributed by atoms with Gasteiger partial charge in [0.25, 0.3) is 11.4 Å². The average Bonchev–Trinajstić information content (AvgIpc) is 2.44. The van der Waals surface area contributed by atoms with E-state index in [0.717, 1.165) is 0 Å². The Bertz CT molecular complexity index is 554. The highest BCUT2D eigenvalue weighted by atomic mass is 16.6. The molecule has 0 aliphatic rings. The number of non-ortho nitro benzene ring substituents is 1. The Morgan fingerprint density at radius 3 is 1.65 bits per heavy atom. The maximum atomic E-state index is 10.4. The molecule has 0 radical (unpaired) electrons. The van der Waals surface area contributed by atoms with Crippen molar-refractivity contribution in [3.63, 3.8) is 0 Å². The molecule has 0 heterocycles. The van der Waals surface area contributed by atoms with Gasteiger partial charge in [0.15, 0.2) is 0 Å². The minimum atomic E-state index is -1.21. The quantitative estimate of drug-likeness (QED) is 0.616. The van der Waals surface area contributed by atoms with Crippen LogP contribution in [0.25, 0.3) is 0 Å². The van der Waals surface area contributed by atoms with Gasteiger partial charge >= 0.3 is 11.4 Å². The minimum absolute atomic E-state index is 0.447. The Balaban J connectivity index is 0.000000585. The number of nitro benzene ring substituents is 3. The van der Waals surface area contributed by atoms with Crippen LogP contribution in [0.15, 0.2) is 12.1 Å². The molecule has 23 heavy (non-hydrogen) atoms. The van der Waals surface area contributed by atoms with E-state index in [1.165, 1.54) is 19.4 Å². The molecule has 1 N–H and O–H groups in total. The summed E-state index contributed by atoms with van der Waals surface area (Å²) in [5.41, 5.74) is -3.00. The Labute approximate surface area is 131 Å². The van der Waals surface area contributed by atoms with E-state index in [0.29, 0.717) is 12.1 Å². The maximum Gasteiger partial charge on any atom is 0.324 e. The second-order valence-corrected chi connectivity index (χ2v) is 4.76. The van der Waals surface area contributed by atoms with Crippen molar-refractivity contribution in [2.24, 2.45) is 0 Å². The van der Waals surface area contributed by atoms with E-state index in [9.17, 15) is 30.3 Å². The number of hydrogen-bond donors (Lipinski definition) is 1. The van der Waals surface area contributed by atoms with Gasteiger partial charge in [0.2, 0.25) is 0 Å². The monoisotopic (exact) mass is 330 g/mol. The highest BCUT2D eigenvalue weighted by molar-refractivity contribution is 5.64. The molecule has 1 rings (SSSR count). The molecule has 0 spiro atoms. The lowest BCUT2D eigenvalue weighted by Gasteiger charge is -2.05. The third-order valence-electron chi connectivity index (χ3n) is 2.62. The van der Waals surface area contributed by atoms with E-state index >= 15 is 0 Å². The Hall–Kier alpha value is -2.82. The van der Waals surface area contributed by atoms with Crippen LogP contribution in [0, 0.1) is 30.3 Å². The number of phenols is 1. The minimum Gasteiger partial charge on any atom is -0.497 e. The number of rotatable bonds is 6. The summed E-state index contributed by atoms with van der Waals surface area (Å²) in [4.78, 5) is 30.0. The molecule has 0 fully saturated rings. The van der Waals surface area contributed by atoms with Crippen molar-refractivity contribution in [3.8, 4) is 5.75 Å². The van der Waals surface area contributed by atoms with Crippen molar-refractivity contribution in [1.29, 1.82) is 0 Å². The molecule has 0 saturated heterocycles. The molecular weight excluding hydrogens is 312 g/mol. The van der Waals surface area contributed by atoms with Crippen molar-refractivity contribution < 1.29 is 19.9 Å². The van der Waals surface area contributed by atoms with Gasteiger partial charge in [-0.3, -0.25) is 30.3 Å². The van der Waals surface area contributed by atoms with E-state index in [2.05, 4.69) is 25.9 Å². The van der Waals surface area contributed by atoms with Crippen LogP contribution in [0.2, 0.25) is 0 Å². The highest BCUT2D eigenvalue weighted by Crippen LogP contribution is 2.38. The second-order valence-electron chi connectivity index (χ2n) is 4.76. The summed E-state index contributed by atoms with van der Waals surface area (Å²) in [6, 6.07) is 0.894. The standard InChI is InChI=1S/C6H3N3O7.C6H15N/c10-6-4(8(13)14)1-3(7(11)12)2-5(6)9(15)16;1-4-5-6-7(2)3/h1-2,10H;4-6H2,1-3H3. The number of aromatic hydroxyl groups is 1. The first-order chi connectivity index (χ1) is 10.6. The molecular formula is C12H18N4O7. The zero-order valence-electron chi connectivity index (χ0n) is 13.0. The van der Waals surface area contributed by atoms with E-state index in [4.69, 9.17) is 5.11 Å². The lowest BCUT2D eigenvalue weighted by atomic mass is 10.2. The summed E-state index contributed by atoms with van der Waals surface area (Å²) in [5.74, 6) is -1.21. The second kappa shape index (κ2) is 9.25. The third-order valence-corrected chi connectivity index (χ3v) is 2.62. The smallest absolute Gasteiger partial charge is 0.324 e. The van der Waals surface area contributed by atoms with Crippen LogP contribution < -0.4 is 0 Å². The van der Waals surface area contributed by atoms with Gasteiger partial charge in [-0.05, 0) is 27.1 Å². The van der Waals surface area contributed by atoms with Gasteiger partial charge in [-0.15, -0.1) is 0 Å². The van der Waals surface area contributed by atoms with Gasteiger partial charge in [-0.1, -0.05) is 13.3 Å². The Morgan fingerprint density at radius 2 is 1.43 bits per heavy atom. The van der Waals surface area contributed by atoms with Crippen LogP contribution in [0.1, 0.15) is 19.8 Å². The molecule has 1 aromatic rings. The van der Waals surface area contributed by atoms with E-state index in [1.54, 1.807) is 0 Å². The first-order valence-electron chi connectivity index (χ1n) is 6.56. The van der Waals surface area contributed by atoms with Gasteiger partial charge in [0, 0.05) is 0 Å². The van der Waals surface area contributed by atoms with Gasteiger partial charge in [-0.25, -0.2) is 0 Å². The van der Waals surface area contributed by atoms with Crippen molar-refractivity contribution in [3.05, 3.63) is 42.5 Å². The maximum absolute atomic E-state index is 10.4. The lowest BCUT2D eigenvalue weighted by molar-refractivity contribution is -0.404. The lowest BCUT2D eigenvalue weighted by Crippen LogP contribution is -2.12. The van der Waals surface area contributed by atoms with Crippen LogP contribution in [0.3, 0.4) is 0 Å². The molecule has 0 amide bonds. The van der Waals surface area contributed by atoms with Crippen LogP contribution in [0.5, 0.6) is 5.75 Å². The summed E-state index contributed by atoms with van der Waals surface area (Å²) in [5, 5.41) is 40.2. The summed E-state index contributed by atoms with van der Waals surface area (Å²) in [6.45, 7) is 3.44. The first kappa shape index (κ1) is 20.2. The third kappa shape index (κ3) is 6.65. The zero-order valence-corrected chi connectivity index (χ0v) is 13.0. The largest absolute Gasteiger partial charge is 0.497 e. The fourth-order valence-electron chi connectivity index (χ4n) is 1.45. The summed E-state index contributed by atoms with van der Waals surface area (Å²) in [7, 11) is 4.21. The van der Waals surface area contributed by atoms with Gasteiger partial charge in [0.1, 0.15) is 0 Å². The van der Waals surface area contributed by atoms with Crippen molar-refractivity contribution in [1.82, 2.24) is 4.90 Å². The average molecular weight is 330 g/mol. The highest BCUT2D eigenvalue weighted by Gasteiger charge is 2.30. The number of unbranched alkanes of at least 4 members (excludes halogenated alkanes) is 1. The molecule has 0 aromatic heterocycles. The Kier molecular flexibility index (Phi) is 8.12. The molecule has 0 aliphatic heterocycles. The van der Waals surface area contributed by atoms with Crippen molar-refractivity contribution >= 4 is 17.1 Å². The van der Waals surface area contributed by atoms with Gasteiger partial charge in [-0.2, -0.15) is 0 Å². The fraction of sp³-hybridized carbons (Fsp3) is 0.500. The van der Waals surface area contributed by atoms with Crippen molar-refractivity contribution in [2.75, 3.05) is 20.6 Å². The predicted octanol–water partition coefficient (Wildman–Crippen LogP) is 2.46. The van der Waals surface area contributed by atoms with Crippen LogP contribution in [-0.4, -0.2) is 45.4 Å². The fourth-order valence-corrected chi connectivity index (χ4v) is 1.45. The number of nitro groups is 3. The van der Waals surface area contributed by atoms with Crippen LogP contribution in [0.4, 0.5) is 17.1 Å². The van der Waals surface area contributed by atoms with E-state index < -0.39 is 37.6 Å². The predicted molar refractivity (Wildman–Crippen MR) is 81.5 cm³/mol. The van der Waals surface area contributed by atoms with Gasteiger partial charge in [0.05, 0.1) is 26.9 Å². The van der Waals surface area contributed by atoms with Crippen molar-refractivity contribution in [2.45, 2.75) is 19.8 Å². The van der Waals surface area contributed by atoms with E-state index in [1.807, 2.05) is 0 Å². The number of nitrogens with zero attached hydrogens (tertiary/aromatic N) is 4. The topological polar surface area (TPSA) is 153 Å². The number of phenolic OH excluding ortho intramolecular Hbond substituents is 1. The normalized spacial score (nSPS) is 9.91. The molecule has 0 aliphatic carbocycles. The first-order valence-corrected chi connectivity index (χ1v) is 6.56. The molecule has 0 atom stereocenters. The van der Waals surface area contributed by atoms with E-state index in [-0.39, 0.29) is 0 Å². The van der Waals surface area contributed by atoms with Gasteiger partial charge < -0.3 is 10.0 Å². The Morgan fingerprint density at radius 1 is 1.00 bits per heavy atom. The summed E-state index contributed by atoms with van der Waals surface area (Å²) < 4.78 is 0. The summed E-state index contributed by atoms with van der Waals surface area (Å²) >= 11 is 0. The molecule has 1 aromatic carbocycles. The molecule has 11 nitrogen and oxygen atoms in total. The zero-order chi connectivity index (χ0) is 18.2. The number of benzene rings is 1. The molecule has 128 valence electrons. The SMILES string of the molecule is CCCCN(C)C.O=[N+]([O-])c1cc([N+](=O)[O-])c(O)c([N+](=O)[O-])c1. The number of hydrogen-bond acceptors (Lipinski definition) is 8. The molecule has 11 heteroatoms. The summed E-state index contributed by atoms with van der Waals surface area (Å²) in [6.07, 6.45) is 2.63. The molecule has 0 unspecified atom stereocenters. The van der Waals surface area contributed by atoms with Crippen LogP contribution >= 0.6 is 0 Å². The molecule has 0 bridgehead atoms. The molecule has 0 saturated carbocycles.